The first-order chi connectivity index (χ1) is 6.65. The predicted molar refractivity (Wildman–Crippen MR) is 48.2 cm³/mol. The quantitative estimate of drug-likeness (QED) is 0.717. The normalized spacial score (nSPS) is 12.7. The van der Waals surface area contributed by atoms with Gasteiger partial charge in [-0.1, -0.05) is 13.8 Å². The fourth-order valence-corrected chi connectivity index (χ4v) is 0.970. The van der Waals surface area contributed by atoms with E-state index in [4.69, 9.17) is 9.63 Å². The van der Waals surface area contributed by atoms with Gasteiger partial charge in [0.25, 0.3) is 5.82 Å². The van der Waals surface area contributed by atoms with Crippen LogP contribution in [0.3, 0.4) is 0 Å². The van der Waals surface area contributed by atoms with Gasteiger partial charge in [-0.05, 0) is 11.7 Å². The molecule has 2 N–H and O–H groups in total. The van der Waals surface area contributed by atoms with Crippen LogP contribution in [-0.2, 0) is 0 Å². The van der Waals surface area contributed by atoms with Crippen LogP contribution in [0.5, 0.6) is 0 Å². The highest BCUT2D eigenvalue weighted by molar-refractivity contribution is 5.82. The van der Waals surface area contributed by atoms with E-state index in [1.165, 1.54) is 0 Å². The van der Waals surface area contributed by atoms with Crippen LogP contribution in [0.2, 0.25) is 0 Å². The Morgan fingerprint density at radius 2 is 2.43 bits per heavy atom. The van der Waals surface area contributed by atoms with Crippen molar-refractivity contribution in [1.29, 1.82) is 0 Å². The van der Waals surface area contributed by atoms with Crippen molar-refractivity contribution in [2.24, 2.45) is 0 Å². The Balaban J connectivity index is 2.61. The number of aromatic nitrogens is 2. The van der Waals surface area contributed by atoms with Crippen molar-refractivity contribution >= 4 is 5.97 Å². The van der Waals surface area contributed by atoms with Crippen molar-refractivity contribution in [2.45, 2.75) is 19.8 Å². The average Bonchev–Trinajstić information content (AvgIpc) is 2.62. The standard InChI is InChI=1S/C8H13N3O3/c1-3-9-4-5(2)7-10-6(8(12)13)11-14-7/h5,9H,3-4H2,1-2H3,(H,12,13). The lowest BCUT2D eigenvalue weighted by Crippen LogP contribution is -2.19. The summed E-state index contributed by atoms with van der Waals surface area (Å²) in [5.74, 6) is -1.09. The summed E-state index contributed by atoms with van der Waals surface area (Å²) in [5.41, 5.74) is 0. The summed E-state index contributed by atoms with van der Waals surface area (Å²) in [6.07, 6.45) is 0. The van der Waals surface area contributed by atoms with E-state index in [0.717, 1.165) is 6.54 Å². The third-order valence-electron chi connectivity index (χ3n) is 1.76. The maximum absolute atomic E-state index is 10.5. The van der Waals surface area contributed by atoms with Gasteiger partial charge in [0, 0.05) is 12.5 Å². The summed E-state index contributed by atoms with van der Waals surface area (Å²) >= 11 is 0. The molecule has 0 bridgehead atoms. The maximum Gasteiger partial charge on any atom is 0.377 e. The number of hydrogen-bond acceptors (Lipinski definition) is 5. The van der Waals surface area contributed by atoms with Gasteiger partial charge in [0.1, 0.15) is 0 Å². The number of aromatic carboxylic acids is 1. The first-order valence-electron chi connectivity index (χ1n) is 4.42. The molecular formula is C8H13N3O3. The minimum absolute atomic E-state index is 0.0237. The number of likely N-dealkylation sites (N-methyl/N-ethyl adjacent to an activating group) is 1. The molecule has 0 aliphatic carbocycles. The molecule has 0 radical (unpaired) electrons. The number of rotatable bonds is 5. The molecule has 0 fully saturated rings. The lowest BCUT2D eigenvalue weighted by Gasteiger charge is -2.05. The van der Waals surface area contributed by atoms with Crippen LogP contribution < -0.4 is 5.32 Å². The highest BCUT2D eigenvalue weighted by Crippen LogP contribution is 2.11. The zero-order valence-corrected chi connectivity index (χ0v) is 8.15. The Kier molecular flexibility index (Phi) is 3.58. The second-order valence-corrected chi connectivity index (χ2v) is 2.97. The number of carboxylic acid groups (broad SMARTS) is 1. The third kappa shape index (κ3) is 2.53. The largest absolute Gasteiger partial charge is 0.475 e. The molecule has 0 saturated carbocycles. The summed E-state index contributed by atoms with van der Waals surface area (Å²) in [6.45, 7) is 5.42. The van der Waals surface area contributed by atoms with E-state index in [2.05, 4.69) is 15.5 Å². The van der Waals surface area contributed by atoms with Crippen LogP contribution in [0.1, 0.15) is 36.3 Å². The molecule has 0 aliphatic heterocycles. The predicted octanol–water partition coefficient (Wildman–Crippen LogP) is 0.481. The van der Waals surface area contributed by atoms with Gasteiger partial charge < -0.3 is 14.9 Å². The number of hydrogen-bond donors (Lipinski definition) is 2. The number of nitrogens with one attached hydrogen (secondary N) is 1. The first-order valence-corrected chi connectivity index (χ1v) is 4.42. The molecule has 1 atom stereocenters. The lowest BCUT2D eigenvalue weighted by molar-refractivity contribution is 0.0680. The number of carboxylic acids is 1. The summed E-state index contributed by atoms with van der Waals surface area (Å²) in [5, 5.41) is 15.0. The van der Waals surface area contributed by atoms with Crippen LogP contribution in [-0.4, -0.2) is 34.3 Å². The maximum atomic E-state index is 10.5. The zero-order valence-electron chi connectivity index (χ0n) is 8.15. The second kappa shape index (κ2) is 4.71. The molecule has 1 unspecified atom stereocenters. The number of carbonyl (C=O) groups is 1. The Morgan fingerprint density at radius 1 is 1.71 bits per heavy atom. The van der Waals surface area contributed by atoms with Crippen molar-refractivity contribution in [1.82, 2.24) is 15.5 Å². The molecule has 0 aromatic carbocycles. The van der Waals surface area contributed by atoms with E-state index in [9.17, 15) is 4.79 Å². The van der Waals surface area contributed by atoms with Crippen molar-refractivity contribution in [3.8, 4) is 0 Å². The van der Waals surface area contributed by atoms with Crippen molar-refractivity contribution < 1.29 is 14.4 Å². The van der Waals surface area contributed by atoms with E-state index in [1.807, 2.05) is 13.8 Å². The number of nitrogens with zero attached hydrogens (tertiary/aromatic N) is 2. The average molecular weight is 199 g/mol. The Labute approximate surface area is 81.3 Å². The van der Waals surface area contributed by atoms with Crippen LogP contribution in [0.4, 0.5) is 0 Å². The van der Waals surface area contributed by atoms with Gasteiger partial charge in [-0.2, -0.15) is 4.98 Å². The van der Waals surface area contributed by atoms with Gasteiger partial charge >= 0.3 is 5.97 Å². The van der Waals surface area contributed by atoms with E-state index in [1.54, 1.807) is 0 Å². The molecule has 1 rings (SSSR count). The summed E-state index contributed by atoms with van der Waals surface area (Å²) in [7, 11) is 0. The molecule has 14 heavy (non-hydrogen) atoms. The van der Waals surface area contributed by atoms with Gasteiger partial charge in [0.05, 0.1) is 0 Å². The fraction of sp³-hybridized carbons (Fsp3) is 0.625. The SMILES string of the molecule is CCNCC(C)c1nc(C(=O)O)no1. The van der Waals surface area contributed by atoms with Gasteiger partial charge in [-0.25, -0.2) is 4.79 Å². The van der Waals surface area contributed by atoms with E-state index >= 15 is 0 Å². The highest BCUT2D eigenvalue weighted by atomic mass is 16.5. The first kappa shape index (κ1) is 10.6. The molecule has 6 heteroatoms. The fourth-order valence-electron chi connectivity index (χ4n) is 0.970. The summed E-state index contributed by atoms with van der Waals surface area (Å²) in [4.78, 5) is 14.2. The van der Waals surface area contributed by atoms with Gasteiger partial charge in [-0.15, -0.1) is 0 Å². The molecule has 0 aliphatic rings. The van der Waals surface area contributed by atoms with Crippen molar-refractivity contribution in [2.75, 3.05) is 13.1 Å². The summed E-state index contributed by atoms with van der Waals surface area (Å²) < 4.78 is 4.80. The van der Waals surface area contributed by atoms with Crippen molar-refractivity contribution in [3.63, 3.8) is 0 Å². The van der Waals surface area contributed by atoms with E-state index < -0.39 is 5.97 Å². The molecule has 78 valence electrons. The topological polar surface area (TPSA) is 88.2 Å². The second-order valence-electron chi connectivity index (χ2n) is 2.97. The van der Waals surface area contributed by atoms with Crippen molar-refractivity contribution in [3.05, 3.63) is 11.7 Å². The van der Waals surface area contributed by atoms with Gasteiger partial charge in [0.2, 0.25) is 5.89 Å². The molecular weight excluding hydrogens is 186 g/mol. The third-order valence-corrected chi connectivity index (χ3v) is 1.76. The molecule has 0 saturated heterocycles. The van der Waals surface area contributed by atoms with E-state index in [-0.39, 0.29) is 11.7 Å². The monoisotopic (exact) mass is 199 g/mol. The Bertz CT molecular complexity index is 311. The van der Waals surface area contributed by atoms with Crippen LogP contribution in [0, 0.1) is 0 Å². The zero-order chi connectivity index (χ0) is 10.6. The van der Waals surface area contributed by atoms with Crippen LogP contribution in [0.15, 0.2) is 4.52 Å². The Hall–Kier alpha value is -1.43. The molecule has 0 spiro atoms. The van der Waals surface area contributed by atoms with Crippen LogP contribution >= 0.6 is 0 Å². The van der Waals surface area contributed by atoms with Gasteiger partial charge in [-0.3, -0.25) is 0 Å². The smallest absolute Gasteiger partial charge is 0.377 e. The molecule has 6 nitrogen and oxygen atoms in total. The molecule has 1 aromatic heterocycles. The van der Waals surface area contributed by atoms with Gasteiger partial charge in [0.15, 0.2) is 0 Å². The van der Waals surface area contributed by atoms with Crippen LogP contribution in [0.25, 0.3) is 0 Å². The molecule has 0 amide bonds. The minimum atomic E-state index is -1.17. The molecule has 1 heterocycles. The van der Waals surface area contributed by atoms with E-state index in [0.29, 0.717) is 12.4 Å². The minimum Gasteiger partial charge on any atom is -0.475 e. The highest BCUT2D eigenvalue weighted by Gasteiger charge is 2.17. The lowest BCUT2D eigenvalue weighted by atomic mass is 10.2. The Morgan fingerprint density at radius 3 is 2.93 bits per heavy atom. The molecule has 1 aromatic rings. The summed E-state index contributed by atoms with van der Waals surface area (Å²) in [6, 6.07) is 0.